The van der Waals surface area contributed by atoms with Gasteiger partial charge in [0.2, 0.25) is 0 Å². The Labute approximate surface area is 281 Å². The summed E-state index contributed by atoms with van der Waals surface area (Å²) in [6.07, 6.45) is 21.8. The van der Waals surface area contributed by atoms with Gasteiger partial charge in [0.1, 0.15) is 11.6 Å². The van der Waals surface area contributed by atoms with Crippen molar-refractivity contribution >= 4 is 11.6 Å². The minimum atomic E-state index is -0.0490. The van der Waals surface area contributed by atoms with E-state index >= 15 is 0 Å². The average Bonchev–Trinajstić information content (AvgIpc) is 3.55. The van der Waals surface area contributed by atoms with Gasteiger partial charge in [-0.05, 0) is 198 Å². The van der Waals surface area contributed by atoms with Crippen molar-refractivity contribution in [3.63, 3.8) is 0 Å². The first-order chi connectivity index (χ1) is 21.7. The molecule has 8 rings (SSSR count). The molecule has 4 nitrogen and oxygen atoms in total. The molecule has 0 aromatic rings. The van der Waals surface area contributed by atoms with E-state index in [2.05, 4.69) is 27.7 Å². The predicted octanol–water partition coefficient (Wildman–Crippen LogP) is 9.19. The summed E-state index contributed by atoms with van der Waals surface area (Å²) in [7, 11) is 0. The van der Waals surface area contributed by atoms with Crippen LogP contribution >= 0.6 is 0 Å². The lowest BCUT2D eigenvalue weighted by Crippen LogP contribution is -2.54. The molecule has 0 saturated heterocycles. The average molecular weight is 637 g/mol. The molecule has 4 heteroatoms. The summed E-state index contributed by atoms with van der Waals surface area (Å²) >= 11 is 0. The Hall–Kier alpha value is -0.740. The molecule has 0 bridgehead atoms. The van der Waals surface area contributed by atoms with Crippen LogP contribution < -0.4 is 0 Å². The lowest BCUT2D eigenvalue weighted by atomic mass is 9.44. The Bertz CT molecular complexity index is 1090. The van der Waals surface area contributed by atoms with Crippen molar-refractivity contribution in [2.45, 2.75) is 169 Å². The lowest BCUT2D eigenvalue weighted by Gasteiger charge is -2.60. The van der Waals surface area contributed by atoms with Gasteiger partial charge in [-0.25, -0.2) is 0 Å². The smallest absolute Gasteiger partial charge is 0.133 e. The van der Waals surface area contributed by atoms with E-state index in [0.29, 0.717) is 34.2 Å². The zero-order valence-electron chi connectivity index (χ0n) is 30.4. The van der Waals surface area contributed by atoms with Gasteiger partial charge < -0.3 is 10.2 Å². The molecule has 0 aliphatic heterocycles. The van der Waals surface area contributed by atoms with Crippen LogP contribution in [0.2, 0.25) is 0 Å². The van der Waals surface area contributed by atoms with E-state index in [1.54, 1.807) is 0 Å². The summed E-state index contributed by atoms with van der Waals surface area (Å²) < 4.78 is 0. The summed E-state index contributed by atoms with van der Waals surface area (Å²) in [5, 5.41) is 20.2. The topological polar surface area (TPSA) is 74.6 Å². The molecule has 0 amide bonds. The molecular formula is C42H68O4. The first kappa shape index (κ1) is 33.7. The van der Waals surface area contributed by atoms with Gasteiger partial charge in [-0.15, -0.1) is 0 Å². The molecular weight excluding hydrogens is 568 g/mol. The van der Waals surface area contributed by atoms with Crippen molar-refractivity contribution in [3.8, 4) is 0 Å². The second kappa shape index (κ2) is 11.9. The highest BCUT2D eigenvalue weighted by Gasteiger charge is 2.62. The van der Waals surface area contributed by atoms with Crippen LogP contribution in [0.3, 0.4) is 0 Å². The summed E-state index contributed by atoms with van der Waals surface area (Å²) in [5.41, 5.74) is 1.48. The van der Waals surface area contributed by atoms with Gasteiger partial charge in [-0.3, -0.25) is 9.59 Å². The maximum Gasteiger partial charge on any atom is 0.133 e. The Morgan fingerprint density at radius 1 is 0.457 bits per heavy atom. The number of aliphatic hydroxyl groups excluding tert-OH is 2. The van der Waals surface area contributed by atoms with Crippen LogP contribution in [-0.2, 0) is 9.59 Å². The molecule has 6 unspecified atom stereocenters. The molecule has 0 radical (unpaired) electrons. The fourth-order valence-electron chi connectivity index (χ4n) is 15.8. The minimum Gasteiger partial charge on any atom is -0.393 e. The SMILES string of the molecule is CC(=O)[C@H]1CCC2C3CC[C@H]4C[C@@H](O)CC[C@]4(C)C3CC[C@@]21C.CC(=O)[C@H]1CCC2C3CC[C@H]4C[C@H](O)CC[C@]4(C)C3CC[C@@]21C. The molecule has 0 heterocycles. The van der Waals surface area contributed by atoms with Crippen LogP contribution in [0.25, 0.3) is 0 Å². The fourth-order valence-corrected chi connectivity index (χ4v) is 15.8. The maximum atomic E-state index is 12.2. The third-order valence-corrected chi connectivity index (χ3v) is 18.3. The van der Waals surface area contributed by atoms with E-state index in [-0.39, 0.29) is 23.0 Å². The highest BCUT2D eigenvalue weighted by Crippen LogP contribution is 2.69. The summed E-state index contributed by atoms with van der Waals surface area (Å²) in [6.45, 7) is 13.6. The van der Waals surface area contributed by atoms with Gasteiger partial charge in [0, 0.05) is 11.8 Å². The Morgan fingerprint density at radius 2 is 0.804 bits per heavy atom. The first-order valence-corrected chi connectivity index (χ1v) is 20.1. The zero-order valence-corrected chi connectivity index (χ0v) is 30.4. The second-order valence-electron chi connectivity index (χ2n) is 19.7. The number of fused-ring (bicyclic) bond motifs is 10. The molecule has 46 heavy (non-hydrogen) atoms. The van der Waals surface area contributed by atoms with E-state index in [0.717, 1.165) is 85.9 Å². The number of rotatable bonds is 2. The van der Waals surface area contributed by atoms with Crippen molar-refractivity contribution in [2.75, 3.05) is 0 Å². The quantitative estimate of drug-likeness (QED) is 0.317. The number of aliphatic hydroxyl groups is 2. The number of carbonyl (C=O) groups is 2. The van der Waals surface area contributed by atoms with E-state index in [1.165, 1.54) is 77.0 Å². The molecule has 0 spiro atoms. The molecule has 8 fully saturated rings. The number of hydrogen-bond donors (Lipinski definition) is 2. The summed E-state index contributed by atoms with van der Waals surface area (Å²) in [4.78, 5) is 24.3. The first-order valence-electron chi connectivity index (χ1n) is 20.1. The van der Waals surface area contributed by atoms with Crippen molar-refractivity contribution < 1.29 is 19.8 Å². The largest absolute Gasteiger partial charge is 0.393 e. The standard InChI is InChI=1S/2C21H34O2/c2*1-13(22)17-6-7-18-16-5-4-14-12-15(23)8-10-20(14,2)19(16)9-11-21(17,18)3/h2*14-19,23H,4-12H2,1-3H3/t14-,15+,16?,17+,18?,19?,20-,21+;14-,15-,16?,17+,18?,19?,20-,21+/m00/s1. The van der Waals surface area contributed by atoms with Gasteiger partial charge in [0.25, 0.3) is 0 Å². The van der Waals surface area contributed by atoms with Gasteiger partial charge in [-0.2, -0.15) is 0 Å². The maximum absolute atomic E-state index is 12.2. The number of carbonyl (C=O) groups excluding carboxylic acids is 2. The molecule has 0 aromatic carbocycles. The molecule has 16 atom stereocenters. The number of Topliss-reactive ketones (excluding diaryl/α,β-unsaturated/α-hetero) is 2. The van der Waals surface area contributed by atoms with Crippen LogP contribution in [0, 0.1) is 80.8 Å². The van der Waals surface area contributed by atoms with Crippen molar-refractivity contribution in [1.82, 2.24) is 0 Å². The van der Waals surface area contributed by atoms with Crippen LogP contribution in [0.15, 0.2) is 0 Å². The highest BCUT2D eigenvalue weighted by atomic mass is 16.3. The monoisotopic (exact) mass is 637 g/mol. The van der Waals surface area contributed by atoms with Gasteiger partial charge in [0.05, 0.1) is 12.2 Å². The second-order valence-corrected chi connectivity index (χ2v) is 19.7. The van der Waals surface area contributed by atoms with Crippen LogP contribution in [-0.4, -0.2) is 34.0 Å². The lowest BCUT2D eigenvalue weighted by molar-refractivity contribution is -0.138. The Kier molecular flexibility index (Phi) is 8.76. The van der Waals surface area contributed by atoms with Crippen LogP contribution in [0.4, 0.5) is 0 Å². The molecule has 0 aromatic heterocycles. The third-order valence-electron chi connectivity index (χ3n) is 18.3. The normalized spacial score (nSPS) is 55.7. The van der Waals surface area contributed by atoms with E-state index in [1.807, 2.05) is 13.8 Å². The highest BCUT2D eigenvalue weighted by molar-refractivity contribution is 5.80. The Morgan fingerprint density at radius 3 is 1.17 bits per heavy atom. The van der Waals surface area contributed by atoms with Crippen molar-refractivity contribution in [1.29, 1.82) is 0 Å². The van der Waals surface area contributed by atoms with Gasteiger partial charge in [0.15, 0.2) is 0 Å². The molecule has 2 N–H and O–H groups in total. The molecule has 8 saturated carbocycles. The fraction of sp³-hybridized carbons (Fsp3) is 0.952. The molecule has 8 aliphatic rings. The van der Waals surface area contributed by atoms with Gasteiger partial charge >= 0.3 is 0 Å². The van der Waals surface area contributed by atoms with Crippen LogP contribution in [0.5, 0.6) is 0 Å². The minimum absolute atomic E-state index is 0.0490. The predicted molar refractivity (Wildman–Crippen MR) is 184 cm³/mol. The Balaban J connectivity index is 0.000000147. The molecule has 260 valence electrons. The number of ketones is 2. The zero-order chi connectivity index (χ0) is 32.8. The van der Waals surface area contributed by atoms with E-state index in [4.69, 9.17) is 0 Å². The number of hydrogen-bond acceptors (Lipinski definition) is 4. The molecule has 8 aliphatic carbocycles. The summed E-state index contributed by atoms with van der Waals surface area (Å²) in [6, 6.07) is 0. The van der Waals surface area contributed by atoms with Crippen LogP contribution in [0.1, 0.15) is 157 Å². The van der Waals surface area contributed by atoms with Crippen molar-refractivity contribution in [2.24, 2.45) is 80.8 Å². The van der Waals surface area contributed by atoms with Gasteiger partial charge in [-0.1, -0.05) is 27.7 Å². The third kappa shape index (κ3) is 5.09. The van der Waals surface area contributed by atoms with E-state index in [9.17, 15) is 19.8 Å². The van der Waals surface area contributed by atoms with E-state index < -0.39 is 0 Å². The summed E-state index contributed by atoms with van der Waals surface area (Å²) in [5.74, 6) is 7.94. The van der Waals surface area contributed by atoms with Crippen molar-refractivity contribution in [3.05, 3.63) is 0 Å².